The first-order valence-corrected chi connectivity index (χ1v) is 5.71. The number of carbonyl (C=O) groups excluding carboxylic acids is 1. The Labute approximate surface area is 111 Å². The number of phenols is 1. The minimum Gasteiger partial charge on any atom is -0.507 e. The standard InChI is InChI=1S/C15H13NO3/c1-19-15(18)11-6-4-7-13(9-11)16-10-12-5-2-3-8-14(12)17/h2-10,17H,1H3. The van der Waals surface area contributed by atoms with Gasteiger partial charge < -0.3 is 9.84 Å². The van der Waals surface area contributed by atoms with Gasteiger partial charge in [-0.1, -0.05) is 18.2 Å². The molecule has 0 spiro atoms. The van der Waals surface area contributed by atoms with Crippen LogP contribution in [0.2, 0.25) is 0 Å². The van der Waals surface area contributed by atoms with Crippen molar-refractivity contribution >= 4 is 17.9 Å². The number of benzene rings is 2. The zero-order valence-corrected chi connectivity index (χ0v) is 10.4. The summed E-state index contributed by atoms with van der Waals surface area (Å²) >= 11 is 0. The summed E-state index contributed by atoms with van der Waals surface area (Å²) in [4.78, 5) is 15.6. The Morgan fingerprint density at radius 1 is 1.21 bits per heavy atom. The van der Waals surface area contributed by atoms with Gasteiger partial charge in [-0.3, -0.25) is 4.99 Å². The van der Waals surface area contributed by atoms with Crippen LogP contribution in [0.4, 0.5) is 5.69 Å². The van der Waals surface area contributed by atoms with Crippen LogP contribution < -0.4 is 0 Å². The fourth-order valence-electron chi connectivity index (χ4n) is 1.57. The first kappa shape index (κ1) is 12.8. The van der Waals surface area contributed by atoms with E-state index < -0.39 is 5.97 Å². The molecule has 2 aromatic carbocycles. The largest absolute Gasteiger partial charge is 0.507 e. The summed E-state index contributed by atoms with van der Waals surface area (Å²) in [5, 5.41) is 9.60. The van der Waals surface area contributed by atoms with Crippen LogP contribution in [0, 0.1) is 0 Å². The molecule has 0 unspecified atom stereocenters. The molecule has 0 saturated heterocycles. The molecule has 0 atom stereocenters. The normalized spacial score (nSPS) is 10.6. The van der Waals surface area contributed by atoms with Crippen LogP contribution in [0.5, 0.6) is 5.75 Å². The molecule has 4 nitrogen and oxygen atoms in total. The van der Waals surface area contributed by atoms with E-state index >= 15 is 0 Å². The van der Waals surface area contributed by atoms with Crippen molar-refractivity contribution in [2.75, 3.05) is 7.11 Å². The summed E-state index contributed by atoms with van der Waals surface area (Å²) in [6.45, 7) is 0. The lowest BCUT2D eigenvalue weighted by Gasteiger charge is -2.00. The molecule has 4 heteroatoms. The number of nitrogens with zero attached hydrogens (tertiary/aromatic N) is 1. The zero-order chi connectivity index (χ0) is 13.7. The third kappa shape index (κ3) is 3.19. The number of ether oxygens (including phenoxy) is 1. The highest BCUT2D eigenvalue weighted by Crippen LogP contribution is 2.17. The van der Waals surface area contributed by atoms with Gasteiger partial charge in [-0.2, -0.15) is 0 Å². The number of esters is 1. The minimum absolute atomic E-state index is 0.162. The predicted octanol–water partition coefficient (Wildman–Crippen LogP) is 2.93. The summed E-state index contributed by atoms with van der Waals surface area (Å²) in [5.41, 5.74) is 1.67. The molecule has 96 valence electrons. The van der Waals surface area contributed by atoms with Crippen molar-refractivity contribution in [3.63, 3.8) is 0 Å². The number of aromatic hydroxyl groups is 1. The number of phenolic OH excluding ortho intramolecular Hbond substituents is 1. The quantitative estimate of drug-likeness (QED) is 0.677. The van der Waals surface area contributed by atoms with Gasteiger partial charge in [0.2, 0.25) is 0 Å². The molecule has 0 saturated carbocycles. The Kier molecular flexibility index (Phi) is 3.93. The lowest BCUT2D eigenvalue weighted by Crippen LogP contribution is -1.99. The first-order chi connectivity index (χ1) is 9.20. The summed E-state index contributed by atoms with van der Waals surface area (Å²) in [5.74, 6) is -0.241. The van der Waals surface area contributed by atoms with Gasteiger partial charge in [0.1, 0.15) is 5.75 Å². The van der Waals surface area contributed by atoms with E-state index in [-0.39, 0.29) is 5.75 Å². The zero-order valence-electron chi connectivity index (χ0n) is 10.4. The maximum absolute atomic E-state index is 11.4. The van der Waals surface area contributed by atoms with E-state index in [0.29, 0.717) is 16.8 Å². The molecule has 1 N–H and O–H groups in total. The SMILES string of the molecule is COC(=O)c1cccc(N=Cc2ccccc2O)c1. The van der Waals surface area contributed by atoms with Gasteiger partial charge in [0.25, 0.3) is 0 Å². The lowest BCUT2D eigenvalue weighted by atomic mass is 10.2. The van der Waals surface area contributed by atoms with Crippen molar-refractivity contribution in [3.8, 4) is 5.75 Å². The van der Waals surface area contributed by atoms with Gasteiger partial charge in [-0.25, -0.2) is 4.79 Å². The highest BCUT2D eigenvalue weighted by molar-refractivity contribution is 5.91. The Bertz CT molecular complexity index is 620. The number of carbonyl (C=O) groups is 1. The van der Waals surface area contributed by atoms with E-state index in [2.05, 4.69) is 9.73 Å². The van der Waals surface area contributed by atoms with Crippen LogP contribution in [-0.4, -0.2) is 24.4 Å². The molecule has 0 aliphatic carbocycles. The molecular formula is C15H13NO3. The number of para-hydroxylation sites is 1. The monoisotopic (exact) mass is 255 g/mol. The third-order valence-electron chi connectivity index (χ3n) is 2.56. The van der Waals surface area contributed by atoms with Gasteiger partial charge in [0.15, 0.2) is 0 Å². The Balaban J connectivity index is 2.24. The van der Waals surface area contributed by atoms with Crippen LogP contribution in [0.3, 0.4) is 0 Å². The molecule has 2 rings (SSSR count). The first-order valence-electron chi connectivity index (χ1n) is 5.71. The fraction of sp³-hybridized carbons (Fsp3) is 0.0667. The molecule has 0 aromatic heterocycles. The third-order valence-corrected chi connectivity index (χ3v) is 2.56. The lowest BCUT2D eigenvalue weighted by molar-refractivity contribution is 0.0601. The van der Waals surface area contributed by atoms with Crippen molar-refractivity contribution in [2.45, 2.75) is 0 Å². The molecule has 2 aromatic rings. The molecule has 0 aliphatic heterocycles. The topological polar surface area (TPSA) is 58.9 Å². The number of methoxy groups -OCH3 is 1. The molecule has 0 radical (unpaired) electrons. The van der Waals surface area contributed by atoms with Crippen molar-refractivity contribution < 1.29 is 14.6 Å². The van der Waals surface area contributed by atoms with Gasteiger partial charge in [0.05, 0.1) is 18.4 Å². The summed E-state index contributed by atoms with van der Waals surface area (Å²) in [7, 11) is 1.33. The van der Waals surface area contributed by atoms with E-state index in [1.807, 2.05) is 6.07 Å². The molecule has 0 heterocycles. The van der Waals surface area contributed by atoms with Crippen LogP contribution in [0.15, 0.2) is 53.5 Å². The average molecular weight is 255 g/mol. The predicted molar refractivity (Wildman–Crippen MR) is 73.1 cm³/mol. The summed E-state index contributed by atoms with van der Waals surface area (Å²) in [6.07, 6.45) is 1.55. The van der Waals surface area contributed by atoms with E-state index in [1.165, 1.54) is 7.11 Å². The van der Waals surface area contributed by atoms with Crippen molar-refractivity contribution in [1.82, 2.24) is 0 Å². The van der Waals surface area contributed by atoms with Gasteiger partial charge >= 0.3 is 5.97 Å². The van der Waals surface area contributed by atoms with Crippen LogP contribution >= 0.6 is 0 Å². The van der Waals surface area contributed by atoms with Crippen LogP contribution in [0.1, 0.15) is 15.9 Å². The van der Waals surface area contributed by atoms with Crippen LogP contribution in [0.25, 0.3) is 0 Å². The minimum atomic E-state index is -0.403. The van der Waals surface area contributed by atoms with E-state index in [0.717, 1.165) is 0 Å². The molecule has 0 fully saturated rings. The number of aliphatic imine (C=N–C) groups is 1. The second-order valence-corrected chi connectivity index (χ2v) is 3.86. The average Bonchev–Trinajstić information content (AvgIpc) is 2.46. The smallest absolute Gasteiger partial charge is 0.337 e. The molecule has 19 heavy (non-hydrogen) atoms. The highest BCUT2D eigenvalue weighted by atomic mass is 16.5. The van der Waals surface area contributed by atoms with Crippen molar-refractivity contribution in [1.29, 1.82) is 0 Å². The van der Waals surface area contributed by atoms with Crippen LogP contribution in [-0.2, 0) is 4.74 Å². The second-order valence-electron chi connectivity index (χ2n) is 3.86. The number of rotatable bonds is 3. The fourth-order valence-corrected chi connectivity index (χ4v) is 1.57. The van der Waals surface area contributed by atoms with E-state index in [4.69, 9.17) is 0 Å². The Hall–Kier alpha value is -2.62. The summed E-state index contributed by atoms with van der Waals surface area (Å²) in [6, 6.07) is 13.7. The number of hydrogen-bond donors (Lipinski definition) is 1. The van der Waals surface area contributed by atoms with E-state index in [1.54, 1.807) is 48.7 Å². The Morgan fingerprint density at radius 3 is 2.74 bits per heavy atom. The maximum atomic E-state index is 11.4. The number of hydrogen-bond acceptors (Lipinski definition) is 4. The molecule has 0 amide bonds. The summed E-state index contributed by atoms with van der Waals surface area (Å²) < 4.78 is 4.64. The van der Waals surface area contributed by atoms with Gasteiger partial charge in [-0.15, -0.1) is 0 Å². The van der Waals surface area contributed by atoms with E-state index in [9.17, 15) is 9.90 Å². The van der Waals surface area contributed by atoms with Gasteiger partial charge in [0, 0.05) is 11.8 Å². The van der Waals surface area contributed by atoms with Crippen molar-refractivity contribution in [2.24, 2.45) is 4.99 Å². The van der Waals surface area contributed by atoms with Gasteiger partial charge in [-0.05, 0) is 30.3 Å². The molecular weight excluding hydrogens is 242 g/mol. The second kappa shape index (κ2) is 5.82. The molecule has 0 bridgehead atoms. The van der Waals surface area contributed by atoms with Crippen molar-refractivity contribution in [3.05, 3.63) is 59.7 Å². The highest BCUT2D eigenvalue weighted by Gasteiger charge is 2.04. The maximum Gasteiger partial charge on any atom is 0.337 e. The Morgan fingerprint density at radius 2 is 2.00 bits per heavy atom. The molecule has 0 aliphatic rings.